The van der Waals surface area contributed by atoms with Crippen molar-refractivity contribution in [1.82, 2.24) is 10.2 Å². The van der Waals surface area contributed by atoms with E-state index in [0.717, 1.165) is 43.1 Å². The Morgan fingerprint density at radius 3 is 2.52 bits per heavy atom. The first-order valence-corrected chi connectivity index (χ1v) is 10.8. The maximum atomic E-state index is 12.6. The summed E-state index contributed by atoms with van der Waals surface area (Å²) >= 11 is 0. The lowest BCUT2D eigenvalue weighted by Gasteiger charge is -2.29. The lowest BCUT2D eigenvalue weighted by Crippen LogP contribution is -2.36. The molecule has 2 fully saturated rings. The third kappa shape index (κ3) is 5.42. The molecule has 7 nitrogen and oxygen atoms in total. The van der Waals surface area contributed by atoms with E-state index < -0.39 is 6.10 Å². The molecule has 0 radical (unpaired) electrons. The first-order valence-electron chi connectivity index (χ1n) is 10.8. The number of rotatable bonds is 7. The van der Waals surface area contributed by atoms with Crippen molar-refractivity contribution in [2.45, 2.75) is 19.1 Å². The van der Waals surface area contributed by atoms with Crippen LogP contribution >= 0.6 is 0 Å². The molecule has 0 bridgehead atoms. The van der Waals surface area contributed by atoms with Crippen molar-refractivity contribution in [3.8, 4) is 0 Å². The maximum absolute atomic E-state index is 12.6. The summed E-state index contributed by atoms with van der Waals surface area (Å²) in [4.78, 5) is 28.8. The molecule has 0 aromatic heterocycles. The summed E-state index contributed by atoms with van der Waals surface area (Å²) in [5, 5.41) is 13.3. The van der Waals surface area contributed by atoms with Gasteiger partial charge in [-0.05, 0) is 23.3 Å². The maximum Gasteiger partial charge on any atom is 0.225 e. The van der Waals surface area contributed by atoms with Gasteiger partial charge in [-0.3, -0.25) is 9.59 Å². The zero-order valence-corrected chi connectivity index (χ0v) is 17.6. The number of carbonyl (C=O) groups is 2. The number of nitrogens with one attached hydrogen (secondary N) is 1. The number of carbonyl (C=O) groups excluding carboxylic acids is 2. The monoisotopic (exact) mass is 423 g/mol. The predicted octanol–water partition coefficient (Wildman–Crippen LogP) is 1.72. The van der Waals surface area contributed by atoms with Gasteiger partial charge in [0.15, 0.2) is 0 Å². The highest BCUT2D eigenvalue weighted by molar-refractivity contribution is 5.89. The fourth-order valence-electron chi connectivity index (χ4n) is 4.09. The van der Waals surface area contributed by atoms with Crippen molar-refractivity contribution < 1.29 is 19.4 Å². The second-order valence-electron chi connectivity index (χ2n) is 8.11. The SMILES string of the molecule is O=C(NCC(O)c1ccc(N2CCOCC2)cc1)C1CC(=O)N(Cc2ccccc2)C1. The molecule has 7 heteroatoms. The van der Waals surface area contributed by atoms with E-state index in [1.807, 2.05) is 54.6 Å². The number of hydrogen-bond acceptors (Lipinski definition) is 5. The first kappa shape index (κ1) is 21.3. The van der Waals surface area contributed by atoms with Gasteiger partial charge in [-0.1, -0.05) is 42.5 Å². The van der Waals surface area contributed by atoms with E-state index in [4.69, 9.17) is 4.74 Å². The van der Waals surface area contributed by atoms with Crippen molar-refractivity contribution >= 4 is 17.5 Å². The molecule has 2 atom stereocenters. The van der Waals surface area contributed by atoms with Crippen LogP contribution in [-0.2, 0) is 20.9 Å². The molecule has 2 heterocycles. The minimum Gasteiger partial charge on any atom is -0.387 e. The third-order valence-electron chi connectivity index (χ3n) is 5.93. The fourth-order valence-corrected chi connectivity index (χ4v) is 4.09. The van der Waals surface area contributed by atoms with E-state index in [2.05, 4.69) is 10.2 Å². The van der Waals surface area contributed by atoms with Gasteiger partial charge in [0, 0.05) is 44.8 Å². The average Bonchev–Trinajstić information content (AvgIpc) is 3.19. The summed E-state index contributed by atoms with van der Waals surface area (Å²) in [7, 11) is 0. The van der Waals surface area contributed by atoms with Crippen LogP contribution in [0, 0.1) is 5.92 Å². The fraction of sp³-hybridized carbons (Fsp3) is 0.417. The number of hydrogen-bond donors (Lipinski definition) is 2. The van der Waals surface area contributed by atoms with Gasteiger partial charge in [-0.25, -0.2) is 0 Å². The molecule has 2 aromatic carbocycles. The molecule has 2 aliphatic rings. The predicted molar refractivity (Wildman–Crippen MR) is 117 cm³/mol. The molecule has 0 aliphatic carbocycles. The van der Waals surface area contributed by atoms with Crippen LogP contribution in [0.1, 0.15) is 23.7 Å². The Kier molecular flexibility index (Phi) is 6.84. The van der Waals surface area contributed by atoms with Gasteiger partial charge in [0.05, 0.1) is 25.2 Å². The normalized spacial score (nSPS) is 20.0. The minimum absolute atomic E-state index is 0.0109. The number of ether oxygens (including phenoxy) is 1. The molecular formula is C24H29N3O4. The van der Waals surface area contributed by atoms with E-state index in [1.165, 1.54) is 0 Å². The lowest BCUT2D eigenvalue weighted by molar-refractivity contribution is -0.129. The van der Waals surface area contributed by atoms with Crippen molar-refractivity contribution in [3.63, 3.8) is 0 Å². The molecule has 0 saturated carbocycles. The van der Waals surface area contributed by atoms with Crippen LogP contribution in [0.15, 0.2) is 54.6 Å². The Balaban J connectivity index is 1.26. The number of anilines is 1. The number of benzene rings is 2. The minimum atomic E-state index is -0.791. The molecule has 4 rings (SSSR count). The number of aliphatic hydroxyl groups is 1. The van der Waals surface area contributed by atoms with E-state index in [1.54, 1.807) is 4.90 Å². The summed E-state index contributed by atoms with van der Waals surface area (Å²) in [6, 6.07) is 17.5. The molecule has 31 heavy (non-hydrogen) atoms. The largest absolute Gasteiger partial charge is 0.387 e. The van der Waals surface area contributed by atoms with Crippen molar-refractivity contribution in [2.75, 3.05) is 44.3 Å². The molecule has 2 unspecified atom stereocenters. The molecule has 164 valence electrons. The summed E-state index contributed by atoms with van der Waals surface area (Å²) in [6.07, 6.45) is -0.580. The van der Waals surface area contributed by atoms with Crippen LogP contribution in [0.5, 0.6) is 0 Å². The lowest BCUT2D eigenvalue weighted by atomic mass is 10.1. The van der Waals surface area contributed by atoms with Crippen LogP contribution in [0.2, 0.25) is 0 Å². The van der Waals surface area contributed by atoms with Crippen LogP contribution in [0.4, 0.5) is 5.69 Å². The Bertz CT molecular complexity index is 881. The topological polar surface area (TPSA) is 82.1 Å². The number of nitrogens with zero attached hydrogens (tertiary/aromatic N) is 2. The zero-order chi connectivity index (χ0) is 21.6. The Hall–Kier alpha value is -2.90. The van der Waals surface area contributed by atoms with E-state index in [0.29, 0.717) is 13.1 Å². The molecule has 2 N–H and O–H groups in total. The summed E-state index contributed by atoms with van der Waals surface area (Å²) in [5.74, 6) is -0.580. The Morgan fingerprint density at radius 1 is 1.10 bits per heavy atom. The van der Waals surface area contributed by atoms with Gasteiger partial charge in [0.1, 0.15) is 0 Å². The summed E-state index contributed by atoms with van der Waals surface area (Å²) in [5.41, 5.74) is 2.91. The highest BCUT2D eigenvalue weighted by Gasteiger charge is 2.34. The van der Waals surface area contributed by atoms with Crippen LogP contribution in [-0.4, -0.2) is 61.2 Å². The zero-order valence-electron chi connectivity index (χ0n) is 17.6. The quantitative estimate of drug-likeness (QED) is 0.709. The van der Waals surface area contributed by atoms with Crippen molar-refractivity contribution in [2.24, 2.45) is 5.92 Å². The van der Waals surface area contributed by atoms with Crippen molar-refractivity contribution in [1.29, 1.82) is 0 Å². The molecule has 2 aliphatic heterocycles. The number of likely N-dealkylation sites (tertiary alicyclic amines) is 1. The summed E-state index contributed by atoms with van der Waals surface area (Å²) < 4.78 is 5.38. The third-order valence-corrected chi connectivity index (χ3v) is 5.93. The van der Waals surface area contributed by atoms with Gasteiger partial charge in [0.2, 0.25) is 11.8 Å². The molecule has 2 aromatic rings. The second kappa shape index (κ2) is 9.94. The number of aliphatic hydroxyl groups excluding tert-OH is 1. The highest BCUT2D eigenvalue weighted by atomic mass is 16.5. The van der Waals surface area contributed by atoms with E-state index in [9.17, 15) is 14.7 Å². The van der Waals surface area contributed by atoms with Gasteiger partial charge < -0.3 is 25.0 Å². The standard InChI is InChI=1S/C24H29N3O4/c28-22(19-6-8-21(9-7-19)26-10-12-31-13-11-26)15-25-24(30)20-14-23(29)27(17-20)16-18-4-2-1-3-5-18/h1-9,20,22,28H,10-17H2,(H,25,30). The van der Waals surface area contributed by atoms with Crippen LogP contribution < -0.4 is 10.2 Å². The molecule has 2 amide bonds. The van der Waals surface area contributed by atoms with E-state index in [-0.39, 0.29) is 30.7 Å². The second-order valence-corrected chi connectivity index (χ2v) is 8.11. The first-order chi connectivity index (χ1) is 15.1. The number of amides is 2. The van der Waals surface area contributed by atoms with Gasteiger partial charge in [-0.2, -0.15) is 0 Å². The average molecular weight is 424 g/mol. The van der Waals surface area contributed by atoms with Gasteiger partial charge >= 0.3 is 0 Å². The summed E-state index contributed by atoms with van der Waals surface area (Å²) in [6.45, 7) is 4.22. The van der Waals surface area contributed by atoms with Crippen LogP contribution in [0.25, 0.3) is 0 Å². The molecular weight excluding hydrogens is 394 g/mol. The highest BCUT2D eigenvalue weighted by Crippen LogP contribution is 2.22. The smallest absolute Gasteiger partial charge is 0.225 e. The molecule has 2 saturated heterocycles. The Labute approximate surface area is 182 Å². The Morgan fingerprint density at radius 2 is 1.81 bits per heavy atom. The van der Waals surface area contributed by atoms with E-state index >= 15 is 0 Å². The van der Waals surface area contributed by atoms with Gasteiger partial charge in [-0.15, -0.1) is 0 Å². The van der Waals surface area contributed by atoms with Crippen LogP contribution in [0.3, 0.4) is 0 Å². The molecule has 0 spiro atoms. The van der Waals surface area contributed by atoms with Crippen molar-refractivity contribution in [3.05, 3.63) is 65.7 Å². The van der Waals surface area contributed by atoms with Gasteiger partial charge in [0.25, 0.3) is 0 Å². The number of morpholine rings is 1.